The highest BCUT2D eigenvalue weighted by Crippen LogP contribution is 2.35. The van der Waals surface area contributed by atoms with Gasteiger partial charge in [-0.1, -0.05) is 30.2 Å². The van der Waals surface area contributed by atoms with Crippen LogP contribution in [0.2, 0.25) is 0 Å². The fraction of sp³-hybridized carbons (Fsp3) is 0.778. The molecule has 2 fully saturated rings. The Morgan fingerprint density at radius 3 is 2.86 bits per heavy atom. The molecule has 4 nitrogen and oxygen atoms in total. The molecule has 0 bridgehead atoms. The lowest BCUT2D eigenvalue weighted by atomic mass is 9.73. The minimum Gasteiger partial charge on any atom is -0.390 e. The van der Waals surface area contributed by atoms with Crippen molar-refractivity contribution in [3.05, 3.63) is 23.8 Å². The van der Waals surface area contributed by atoms with Crippen molar-refractivity contribution in [2.24, 2.45) is 17.6 Å². The molecule has 0 heterocycles. The van der Waals surface area contributed by atoms with E-state index in [4.69, 9.17) is 5.73 Å². The quantitative estimate of drug-likeness (QED) is 0.637. The van der Waals surface area contributed by atoms with Gasteiger partial charge in [0.05, 0.1) is 12.2 Å². The summed E-state index contributed by atoms with van der Waals surface area (Å²) in [5.74, 6) is 0.514. The second-order valence-corrected chi connectivity index (χ2v) is 7.34. The normalized spacial score (nSPS) is 43.4. The first-order valence-electron chi connectivity index (χ1n) is 8.83. The van der Waals surface area contributed by atoms with E-state index < -0.39 is 12.2 Å². The number of hydrogen-bond acceptors (Lipinski definition) is 4. The summed E-state index contributed by atoms with van der Waals surface area (Å²) >= 11 is 0. The SMILES string of the molecule is CC(NC1CCCC2=CC=CC(N)C21)C1CCCC(O)C1O. The predicted octanol–water partition coefficient (Wildman–Crippen LogP) is 1.48. The zero-order chi connectivity index (χ0) is 15.7. The number of nitrogens with one attached hydrogen (secondary N) is 1. The second kappa shape index (κ2) is 6.83. The number of aliphatic hydroxyl groups is 2. The summed E-state index contributed by atoms with van der Waals surface area (Å²) in [6.07, 6.45) is 11.4. The Morgan fingerprint density at radius 1 is 1.23 bits per heavy atom. The van der Waals surface area contributed by atoms with Crippen LogP contribution in [-0.2, 0) is 0 Å². The van der Waals surface area contributed by atoms with Crippen molar-refractivity contribution in [1.29, 1.82) is 0 Å². The number of fused-ring (bicyclic) bond motifs is 1. The highest BCUT2D eigenvalue weighted by Gasteiger charge is 2.38. The van der Waals surface area contributed by atoms with Crippen molar-refractivity contribution in [2.45, 2.75) is 75.8 Å². The molecule has 5 N–H and O–H groups in total. The standard InChI is InChI=1S/C18H30N2O2/c1-11(13-7-4-10-16(21)18(13)22)20-15-9-3-6-12-5-2-8-14(19)17(12)15/h2,5,8,11,13-18,20-22H,3-4,6-7,9-10,19H2,1H3. The third-order valence-corrected chi connectivity index (χ3v) is 5.89. The zero-order valence-electron chi connectivity index (χ0n) is 13.5. The molecule has 3 aliphatic rings. The van der Waals surface area contributed by atoms with Crippen LogP contribution in [0.15, 0.2) is 23.8 Å². The average Bonchev–Trinajstić information content (AvgIpc) is 2.50. The van der Waals surface area contributed by atoms with Gasteiger partial charge in [-0.3, -0.25) is 0 Å². The van der Waals surface area contributed by atoms with E-state index in [0.29, 0.717) is 12.0 Å². The van der Waals surface area contributed by atoms with Gasteiger partial charge in [-0.15, -0.1) is 0 Å². The number of allylic oxidation sites excluding steroid dienone is 2. The summed E-state index contributed by atoms with van der Waals surface area (Å²) in [4.78, 5) is 0. The van der Waals surface area contributed by atoms with Crippen molar-refractivity contribution < 1.29 is 10.2 Å². The van der Waals surface area contributed by atoms with Gasteiger partial charge in [0.25, 0.3) is 0 Å². The van der Waals surface area contributed by atoms with Crippen molar-refractivity contribution in [1.82, 2.24) is 5.32 Å². The number of rotatable bonds is 3. The van der Waals surface area contributed by atoms with Crippen molar-refractivity contribution in [3.63, 3.8) is 0 Å². The van der Waals surface area contributed by atoms with E-state index in [1.54, 1.807) is 0 Å². The summed E-state index contributed by atoms with van der Waals surface area (Å²) in [7, 11) is 0. The van der Waals surface area contributed by atoms with Crippen LogP contribution >= 0.6 is 0 Å². The third kappa shape index (κ3) is 3.16. The van der Waals surface area contributed by atoms with Crippen molar-refractivity contribution >= 4 is 0 Å². The third-order valence-electron chi connectivity index (χ3n) is 5.89. The molecule has 4 heteroatoms. The van der Waals surface area contributed by atoms with Crippen LogP contribution in [-0.4, -0.2) is 40.5 Å². The summed E-state index contributed by atoms with van der Waals surface area (Å²) in [6, 6.07) is 0.667. The first-order chi connectivity index (χ1) is 10.6. The van der Waals surface area contributed by atoms with E-state index in [1.807, 2.05) is 0 Å². The largest absolute Gasteiger partial charge is 0.390 e. The monoisotopic (exact) mass is 306 g/mol. The van der Waals surface area contributed by atoms with E-state index >= 15 is 0 Å². The highest BCUT2D eigenvalue weighted by atomic mass is 16.3. The van der Waals surface area contributed by atoms with Crippen LogP contribution in [0.3, 0.4) is 0 Å². The maximum absolute atomic E-state index is 10.3. The van der Waals surface area contributed by atoms with Crippen LogP contribution in [0.25, 0.3) is 0 Å². The Hall–Kier alpha value is -0.680. The van der Waals surface area contributed by atoms with Gasteiger partial charge in [-0.05, 0) is 39.0 Å². The topological polar surface area (TPSA) is 78.5 Å². The van der Waals surface area contributed by atoms with E-state index in [2.05, 4.69) is 30.5 Å². The number of nitrogens with two attached hydrogens (primary N) is 1. The molecule has 22 heavy (non-hydrogen) atoms. The molecule has 7 atom stereocenters. The summed E-state index contributed by atoms with van der Waals surface area (Å²) in [6.45, 7) is 2.15. The predicted molar refractivity (Wildman–Crippen MR) is 88.3 cm³/mol. The molecule has 7 unspecified atom stereocenters. The van der Waals surface area contributed by atoms with Gasteiger partial charge < -0.3 is 21.3 Å². The van der Waals surface area contributed by atoms with Gasteiger partial charge in [0.15, 0.2) is 0 Å². The van der Waals surface area contributed by atoms with Gasteiger partial charge in [0, 0.05) is 30.0 Å². The van der Waals surface area contributed by atoms with E-state index in [-0.39, 0.29) is 18.0 Å². The van der Waals surface area contributed by atoms with E-state index in [1.165, 1.54) is 12.0 Å². The molecule has 0 aromatic carbocycles. The van der Waals surface area contributed by atoms with Gasteiger partial charge in [0.1, 0.15) is 0 Å². The number of aliphatic hydroxyl groups excluding tert-OH is 2. The minimum atomic E-state index is -0.602. The Balaban J connectivity index is 1.66. The molecular formula is C18H30N2O2. The Labute approximate surface area is 133 Å². The van der Waals surface area contributed by atoms with Crippen LogP contribution in [0, 0.1) is 11.8 Å². The molecule has 0 aromatic rings. The molecule has 3 rings (SSSR count). The first kappa shape index (κ1) is 16.2. The summed E-state index contributed by atoms with van der Waals surface area (Å²) in [5, 5.41) is 23.9. The lowest BCUT2D eigenvalue weighted by Gasteiger charge is -2.43. The molecular weight excluding hydrogens is 276 g/mol. The van der Waals surface area contributed by atoms with E-state index in [9.17, 15) is 10.2 Å². The molecule has 124 valence electrons. The lowest BCUT2D eigenvalue weighted by Crippen LogP contribution is -2.55. The van der Waals surface area contributed by atoms with Crippen molar-refractivity contribution in [3.8, 4) is 0 Å². The fourth-order valence-corrected chi connectivity index (χ4v) is 4.65. The smallest absolute Gasteiger partial charge is 0.0841 e. The van der Waals surface area contributed by atoms with Gasteiger partial charge in [-0.2, -0.15) is 0 Å². The van der Waals surface area contributed by atoms with E-state index in [0.717, 1.165) is 32.1 Å². The average molecular weight is 306 g/mol. The molecule has 0 amide bonds. The number of hydrogen-bond donors (Lipinski definition) is 4. The fourth-order valence-electron chi connectivity index (χ4n) is 4.65. The zero-order valence-corrected chi connectivity index (χ0v) is 13.5. The second-order valence-electron chi connectivity index (χ2n) is 7.34. The highest BCUT2D eigenvalue weighted by molar-refractivity contribution is 5.28. The Morgan fingerprint density at radius 2 is 2.05 bits per heavy atom. The summed E-state index contributed by atoms with van der Waals surface area (Å²) in [5.41, 5.74) is 7.79. The minimum absolute atomic E-state index is 0.0897. The van der Waals surface area contributed by atoms with Gasteiger partial charge >= 0.3 is 0 Å². The van der Waals surface area contributed by atoms with Gasteiger partial charge in [0.2, 0.25) is 0 Å². The van der Waals surface area contributed by atoms with Crippen LogP contribution in [0.5, 0.6) is 0 Å². The maximum atomic E-state index is 10.3. The maximum Gasteiger partial charge on any atom is 0.0841 e. The molecule has 0 aromatic heterocycles. The van der Waals surface area contributed by atoms with Gasteiger partial charge in [-0.25, -0.2) is 0 Å². The van der Waals surface area contributed by atoms with Crippen LogP contribution < -0.4 is 11.1 Å². The Bertz CT molecular complexity index is 448. The molecule has 0 aliphatic heterocycles. The van der Waals surface area contributed by atoms with Crippen LogP contribution in [0.4, 0.5) is 0 Å². The first-order valence-corrected chi connectivity index (χ1v) is 8.83. The lowest BCUT2D eigenvalue weighted by molar-refractivity contribution is -0.0548. The molecule has 0 radical (unpaired) electrons. The van der Waals surface area contributed by atoms with Crippen LogP contribution in [0.1, 0.15) is 45.4 Å². The molecule has 0 saturated heterocycles. The molecule has 0 spiro atoms. The molecule has 3 aliphatic carbocycles. The molecule has 2 saturated carbocycles. The van der Waals surface area contributed by atoms with Crippen molar-refractivity contribution in [2.75, 3.05) is 0 Å². The Kier molecular flexibility index (Phi) is 5.03. The summed E-state index contributed by atoms with van der Waals surface area (Å²) < 4.78 is 0.